The molecule has 1 fully saturated rings. The van der Waals surface area contributed by atoms with Crippen molar-refractivity contribution in [1.29, 1.82) is 0 Å². The number of aliphatic carboxylic acids is 1. The lowest BCUT2D eigenvalue weighted by Crippen LogP contribution is -2.38. The second-order valence-electron chi connectivity index (χ2n) is 2.87. The fraction of sp³-hybridized carbons (Fsp3) is 0.833. The van der Waals surface area contributed by atoms with Crippen molar-refractivity contribution in [3.63, 3.8) is 0 Å². The summed E-state index contributed by atoms with van der Waals surface area (Å²) in [6.07, 6.45) is -8.76. The molecule has 2 nitrogen and oxygen atoms in total. The van der Waals surface area contributed by atoms with Gasteiger partial charge in [0.05, 0.1) is 0 Å². The lowest BCUT2D eigenvalue weighted by Gasteiger charge is -2.17. The third kappa shape index (κ3) is 1.25. The average molecular weight is 186 g/mol. The number of hydrogen-bond donors (Lipinski definition) is 1. The summed E-state index contributed by atoms with van der Waals surface area (Å²) in [7, 11) is 0. The van der Waals surface area contributed by atoms with Crippen LogP contribution in [0.15, 0.2) is 0 Å². The van der Waals surface area contributed by atoms with Crippen LogP contribution in [0.25, 0.3) is 0 Å². The van der Waals surface area contributed by atoms with Crippen molar-refractivity contribution < 1.29 is 27.5 Å². The molecule has 12 heavy (non-hydrogen) atoms. The first kappa shape index (κ1) is 9.28. The van der Waals surface area contributed by atoms with Crippen LogP contribution in [0.2, 0.25) is 0 Å². The molecule has 0 heterocycles. The molecule has 0 aromatic rings. The molecule has 70 valence electrons. The lowest BCUT2D eigenvalue weighted by molar-refractivity contribution is -0.205. The molecule has 0 saturated heterocycles. The molecule has 1 unspecified atom stereocenters. The highest BCUT2D eigenvalue weighted by Crippen LogP contribution is 2.54. The molecule has 0 spiro atoms. The molecule has 1 rings (SSSR count). The van der Waals surface area contributed by atoms with Crippen LogP contribution in [-0.4, -0.2) is 23.4 Å². The van der Waals surface area contributed by atoms with Crippen molar-refractivity contribution in [3.05, 3.63) is 0 Å². The minimum atomic E-state index is -5.06. The van der Waals surface area contributed by atoms with Gasteiger partial charge in [0, 0.05) is 0 Å². The first-order valence-corrected chi connectivity index (χ1v) is 3.25. The topological polar surface area (TPSA) is 37.3 Å². The molecule has 0 amide bonds. The fourth-order valence-corrected chi connectivity index (χ4v) is 1.02. The Morgan fingerprint density at radius 2 is 1.83 bits per heavy atom. The van der Waals surface area contributed by atoms with E-state index in [1.54, 1.807) is 0 Å². The van der Waals surface area contributed by atoms with Gasteiger partial charge in [0.25, 0.3) is 0 Å². The molecule has 0 aliphatic heterocycles. The molecule has 1 atom stereocenters. The third-order valence-corrected chi connectivity index (χ3v) is 1.99. The molecule has 1 N–H and O–H groups in total. The molecule has 0 bridgehead atoms. The van der Waals surface area contributed by atoms with Crippen LogP contribution in [0.5, 0.6) is 0 Å². The molecule has 1 aliphatic carbocycles. The van der Waals surface area contributed by atoms with Gasteiger partial charge in [-0.1, -0.05) is 0 Å². The summed E-state index contributed by atoms with van der Waals surface area (Å²) in [6, 6.07) is 0. The summed E-state index contributed by atoms with van der Waals surface area (Å²) >= 11 is 0. The summed E-state index contributed by atoms with van der Waals surface area (Å²) in [6.45, 7) is 0. The molecular weight excluding hydrogens is 180 g/mol. The first-order valence-electron chi connectivity index (χ1n) is 3.25. The molecular formula is C6H6F4O2. The molecule has 6 heteroatoms. The Morgan fingerprint density at radius 1 is 1.42 bits per heavy atom. The van der Waals surface area contributed by atoms with Gasteiger partial charge in [-0.15, -0.1) is 0 Å². The zero-order valence-corrected chi connectivity index (χ0v) is 5.86. The van der Waals surface area contributed by atoms with Gasteiger partial charge in [-0.25, -0.2) is 4.39 Å². The van der Waals surface area contributed by atoms with Gasteiger partial charge in [-0.3, -0.25) is 4.79 Å². The van der Waals surface area contributed by atoms with E-state index in [-0.39, 0.29) is 12.8 Å². The fourth-order valence-electron chi connectivity index (χ4n) is 1.02. The number of hydrogen-bond acceptors (Lipinski definition) is 1. The van der Waals surface area contributed by atoms with Gasteiger partial charge in [0.15, 0.2) is 0 Å². The Bertz CT molecular complexity index is 206. The van der Waals surface area contributed by atoms with E-state index in [1.807, 2.05) is 0 Å². The maximum absolute atomic E-state index is 12.5. The van der Waals surface area contributed by atoms with Gasteiger partial charge in [-0.05, 0) is 12.8 Å². The standard InChI is InChI=1S/C6H6F4O2/c7-3(6(8,9)10)5(1-2-5)4(11)12/h3H,1-2H2,(H,11,12). The SMILES string of the molecule is O=C(O)C1(C(F)C(F)(F)F)CC1. The Kier molecular flexibility index (Phi) is 1.81. The highest BCUT2D eigenvalue weighted by atomic mass is 19.4. The number of rotatable bonds is 2. The van der Waals surface area contributed by atoms with Crippen LogP contribution in [0.4, 0.5) is 17.6 Å². The number of carbonyl (C=O) groups is 1. The highest BCUT2D eigenvalue weighted by Gasteiger charge is 2.66. The van der Waals surface area contributed by atoms with Crippen LogP contribution in [-0.2, 0) is 4.79 Å². The lowest BCUT2D eigenvalue weighted by atomic mass is 10.0. The van der Waals surface area contributed by atoms with Gasteiger partial charge in [0.2, 0.25) is 6.17 Å². The second-order valence-corrected chi connectivity index (χ2v) is 2.87. The van der Waals surface area contributed by atoms with Crippen molar-refractivity contribution in [1.82, 2.24) is 0 Å². The van der Waals surface area contributed by atoms with E-state index in [0.717, 1.165) is 0 Å². The third-order valence-electron chi connectivity index (χ3n) is 1.99. The summed E-state index contributed by atoms with van der Waals surface area (Å²) in [5.41, 5.74) is -2.18. The zero-order chi connectivity index (χ0) is 9.57. The van der Waals surface area contributed by atoms with E-state index in [1.165, 1.54) is 0 Å². The number of carboxylic acid groups (broad SMARTS) is 1. The predicted molar refractivity (Wildman–Crippen MR) is 30.3 cm³/mol. The molecule has 1 aliphatic rings. The van der Waals surface area contributed by atoms with Crippen LogP contribution in [0.1, 0.15) is 12.8 Å². The van der Waals surface area contributed by atoms with E-state index in [9.17, 15) is 22.4 Å². The quantitative estimate of drug-likeness (QED) is 0.667. The van der Waals surface area contributed by atoms with Crippen molar-refractivity contribution in [2.24, 2.45) is 5.41 Å². The number of alkyl halides is 4. The van der Waals surface area contributed by atoms with Gasteiger partial charge in [0.1, 0.15) is 5.41 Å². The van der Waals surface area contributed by atoms with E-state index >= 15 is 0 Å². The van der Waals surface area contributed by atoms with Crippen LogP contribution in [0, 0.1) is 5.41 Å². The minimum absolute atomic E-state index is 0.233. The van der Waals surface area contributed by atoms with Crippen molar-refractivity contribution in [2.75, 3.05) is 0 Å². The average Bonchev–Trinajstić information content (AvgIpc) is 2.62. The summed E-state index contributed by atoms with van der Waals surface area (Å²) in [5, 5.41) is 8.30. The van der Waals surface area contributed by atoms with E-state index in [0.29, 0.717) is 0 Å². The summed E-state index contributed by atoms with van der Waals surface area (Å²) < 4.78 is 47.6. The Hall–Kier alpha value is -0.810. The molecule has 0 radical (unpaired) electrons. The Labute approximate surface area is 65.2 Å². The number of carboxylic acids is 1. The predicted octanol–water partition coefficient (Wildman–Crippen LogP) is 1.75. The Morgan fingerprint density at radius 3 is 1.92 bits per heavy atom. The maximum Gasteiger partial charge on any atom is 0.420 e. The normalized spacial score (nSPS) is 23.3. The van der Waals surface area contributed by atoms with E-state index in [4.69, 9.17) is 5.11 Å². The monoisotopic (exact) mass is 186 g/mol. The zero-order valence-electron chi connectivity index (χ0n) is 5.86. The second kappa shape index (κ2) is 2.34. The van der Waals surface area contributed by atoms with Crippen molar-refractivity contribution >= 4 is 5.97 Å². The van der Waals surface area contributed by atoms with Crippen molar-refractivity contribution in [2.45, 2.75) is 25.2 Å². The van der Waals surface area contributed by atoms with Crippen molar-refractivity contribution in [3.8, 4) is 0 Å². The molecule has 0 aromatic carbocycles. The largest absolute Gasteiger partial charge is 0.481 e. The molecule has 0 aromatic heterocycles. The van der Waals surface area contributed by atoms with Crippen LogP contribution < -0.4 is 0 Å². The molecule has 1 saturated carbocycles. The van der Waals surface area contributed by atoms with Crippen LogP contribution in [0.3, 0.4) is 0 Å². The number of halogens is 4. The Balaban J connectivity index is 2.77. The minimum Gasteiger partial charge on any atom is -0.481 e. The van der Waals surface area contributed by atoms with Crippen LogP contribution >= 0.6 is 0 Å². The first-order chi connectivity index (χ1) is 5.31. The summed E-state index contributed by atoms with van der Waals surface area (Å²) in [5.74, 6) is -1.70. The van der Waals surface area contributed by atoms with Gasteiger partial charge >= 0.3 is 12.1 Å². The highest BCUT2D eigenvalue weighted by molar-refractivity contribution is 5.78. The summed E-state index contributed by atoms with van der Waals surface area (Å²) in [4.78, 5) is 10.2. The van der Waals surface area contributed by atoms with E-state index < -0.39 is 23.7 Å². The maximum atomic E-state index is 12.5. The van der Waals surface area contributed by atoms with E-state index in [2.05, 4.69) is 0 Å². The smallest absolute Gasteiger partial charge is 0.420 e. The van der Waals surface area contributed by atoms with Gasteiger partial charge < -0.3 is 5.11 Å². The van der Waals surface area contributed by atoms with Gasteiger partial charge in [-0.2, -0.15) is 13.2 Å².